The summed E-state index contributed by atoms with van der Waals surface area (Å²) >= 11 is 4.98. The van der Waals surface area contributed by atoms with Crippen LogP contribution in [0.1, 0.15) is 16.1 Å². The third-order valence-electron chi connectivity index (χ3n) is 2.86. The standard InChI is InChI=1S/C13H14BrFN2S/c1-9-13(18-8-16-9)7-17(2)12-5-3-4-11(15)10(12)6-14/h3-5,8H,6-7H2,1-2H3. The molecule has 2 nitrogen and oxygen atoms in total. The molecule has 96 valence electrons. The highest BCUT2D eigenvalue weighted by Gasteiger charge is 2.12. The fourth-order valence-corrected chi connectivity index (χ4v) is 3.20. The Morgan fingerprint density at radius 2 is 2.22 bits per heavy atom. The van der Waals surface area contributed by atoms with Crippen LogP contribution in [0.25, 0.3) is 0 Å². The highest BCUT2D eigenvalue weighted by atomic mass is 79.9. The quantitative estimate of drug-likeness (QED) is 0.785. The topological polar surface area (TPSA) is 16.1 Å². The van der Waals surface area contributed by atoms with Crippen LogP contribution in [0, 0.1) is 12.7 Å². The van der Waals surface area contributed by atoms with Gasteiger partial charge in [-0.1, -0.05) is 22.0 Å². The van der Waals surface area contributed by atoms with Crippen LogP contribution in [0.2, 0.25) is 0 Å². The second kappa shape index (κ2) is 5.80. The van der Waals surface area contributed by atoms with E-state index in [2.05, 4.69) is 25.8 Å². The minimum absolute atomic E-state index is 0.169. The van der Waals surface area contributed by atoms with Gasteiger partial charge in [-0.2, -0.15) is 0 Å². The maximum absolute atomic E-state index is 13.7. The third kappa shape index (κ3) is 2.72. The Hall–Kier alpha value is -0.940. The van der Waals surface area contributed by atoms with Crippen LogP contribution in [0.4, 0.5) is 10.1 Å². The molecule has 0 atom stereocenters. The molecule has 0 fully saturated rings. The molecule has 0 saturated heterocycles. The molecule has 0 N–H and O–H groups in total. The molecule has 2 aromatic rings. The first-order valence-corrected chi connectivity index (χ1v) is 7.57. The Morgan fingerprint density at radius 1 is 1.44 bits per heavy atom. The van der Waals surface area contributed by atoms with Crippen molar-refractivity contribution in [1.82, 2.24) is 4.98 Å². The first kappa shape index (κ1) is 13.5. The first-order valence-electron chi connectivity index (χ1n) is 5.57. The number of rotatable bonds is 4. The van der Waals surface area contributed by atoms with Gasteiger partial charge in [0.05, 0.1) is 17.7 Å². The highest BCUT2D eigenvalue weighted by Crippen LogP contribution is 2.27. The number of anilines is 1. The molecule has 1 aromatic carbocycles. The average Bonchev–Trinajstić information content (AvgIpc) is 2.74. The van der Waals surface area contributed by atoms with Crippen LogP contribution < -0.4 is 4.90 Å². The Labute approximate surface area is 119 Å². The molecule has 1 aromatic heterocycles. The van der Waals surface area contributed by atoms with E-state index in [1.807, 2.05) is 25.5 Å². The second-order valence-corrected chi connectivity index (χ2v) is 5.59. The lowest BCUT2D eigenvalue weighted by molar-refractivity contribution is 0.617. The number of alkyl halides is 1. The minimum atomic E-state index is -0.169. The molecule has 0 aliphatic heterocycles. The zero-order valence-electron chi connectivity index (χ0n) is 10.3. The Balaban J connectivity index is 2.26. The van der Waals surface area contributed by atoms with Crippen molar-refractivity contribution in [3.8, 4) is 0 Å². The van der Waals surface area contributed by atoms with Gasteiger partial charge in [0, 0.05) is 28.5 Å². The lowest BCUT2D eigenvalue weighted by Crippen LogP contribution is -2.18. The van der Waals surface area contributed by atoms with Crippen molar-refractivity contribution in [3.63, 3.8) is 0 Å². The van der Waals surface area contributed by atoms with E-state index in [0.717, 1.165) is 17.9 Å². The Morgan fingerprint density at radius 3 is 2.83 bits per heavy atom. The van der Waals surface area contributed by atoms with E-state index in [1.165, 1.54) is 10.9 Å². The van der Waals surface area contributed by atoms with E-state index in [4.69, 9.17) is 0 Å². The van der Waals surface area contributed by atoms with Gasteiger partial charge in [-0.3, -0.25) is 0 Å². The maximum atomic E-state index is 13.7. The van der Waals surface area contributed by atoms with Crippen LogP contribution in [0.5, 0.6) is 0 Å². The summed E-state index contributed by atoms with van der Waals surface area (Å²) in [7, 11) is 1.97. The first-order chi connectivity index (χ1) is 8.63. The van der Waals surface area contributed by atoms with Gasteiger partial charge in [0.15, 0.2) is 0 Å². The number of benzene rings is 1. The SMILES string of the molecule is Cc1ncsc1CN(C)c1cccc(F)c1CBr. The van der Waals surface area contributed by atoms with E-state index < -0.39 is 0 Å². The molecule has 0 radical (unpaired) electrons. The summed E-state index contributed by atoms with van der Waals surface area (Å²) in [5.74, 6) is -0.169. The van der Waals surface area contributed by atoms with Crippen molar-refractivity contribution in [2.75, 3.05) is 11.9 Å². The van der Waals surface area contributed by atoms with Crippen LogP contribution >= 0.6 is 27.3 Å². The van der Waals surface area contributed by atoms with E-state index in [-0.39, 0.29) is 5.82 Å². The molecule has 5 heteroatoms. The van der Waals surface area contributed by atoms with Crippen LogP contribution in [0.3, 0.4) is 0 Å². The summed E-state index contributed by atoms with van der Waals surface area (Å²) in [5, 5.41) is 0.515. The molecular formula is C13H14BrFN2S. The number of nitrogens with zero attached hydrogens (tertiary/aromatic N) is 2. The zero-order chi connectivity index (χ0) is 13.1. The van der Waals surface area contributed by atoms with Gasteiger partial charge in [0.1, 0.15) is 5.82 Å². The van der Waals surface area contributed by atoms with Gasteiger partial charge >= 0.3 is 0 Å². The number of halogens is 2. The molecule has 0 amide bonds. The van der Waals surface area contributed by atoms with Crippen molar-refractivity contribution in [2.24, 2.45) is 0 Å². The number of aryl methyl sites for hydroxylation is 1. The fraction of sp³-hybridized carbons (Fsp3) is 0.308. The smallest absolute Gasteiger partial charge is 0.129 e. The lowest BCUT2D eigenvalue weighted by atomic mass is 10.1. The summed E-state index contributed by atoms with van der Waals surface area (Å²) in [6.07, 6.45) is 0. The van der Waals surface area contributed by atoms with E-state index >= 15 is 0 Å². The second-order valence-electron chi connectivity index (χ2n) is 4.09. The Bertz CT molecular complexity index is 542. The maximum Gasteiger partial charge on any atom is 0.129 e. The fourth-order valence-electron chi connectivity index (χ4n) is 1.82. The number of thiazole rings is 1. The normalized spacial score (nSPS) is 10.7. The monoisotopic (exact) mass is 328 g/mol. The average molecular weight is 329 g/mol. The molecular weight excluding hydrogens is 315 g/mol. The van der Waals surface area contributed by atoms with Crippen LogP contribution in [-0.4, -0.2) is 12.0 Å². The lowest BCUT2D eigenvalue weighted by Gasteiger charge is -2.21. The van der Waals surface area contributed by atoms with Gasteiger partial charge < -0.3 is 4.90 Å². The third-order valence-corrected chi connectivity index (χ3v) is 4.35. The van der Waals surface area contributed by atoms with Crippen molar-refractivity contribution in [2.45, 2.75) is 18.8 Å². The van der Waals surface area contributed by atoms with Gasteiger partial charge in [-0.15, -0.1) is 11.3 Å². The van der Waals surface area contributed by atoms with Crippen molar-refractivity contribution in [1.29, 1.82) is 0 Å². The molecule has 0 unspecified atom stereocenters. The number of hydrogen-bond acceptors (Lipinski definition) is 3. The summed E-state index contributed by atoms with van der Waals surface area (Å²) < 4.78 is 13.7. The van der Waals surface area contributed by atoms with E-state index in [9.17, 15) is 4.39 Å². The van der Waals surface area contributed by atoms with Crippen molar-refractivity contribution in [3.05, 3.63) is 45.7 Å². The zero-order valence-corrected chi connectivity index (χ0v) is 12.7. The minimum Gasteiger partial charge on any atom is -0.369 e. The molecule has 0 aliphatic carbocycles. The van der Waals surface area contributed by atoms with Gasteiger partial charge in [0.25, 0.3) is 0 Å². The molecule has 0 saturated carbocycles. The van der Waals surface area contributed by atoms with Gasteiger partial charge in [0.2, 0.25) is 0 Å². The van der Waals surface area contributed by atoms with Crippen LogP contribution in [-0.2, 0) is 11.9 Å². The number of hydrogen-bond donors (Lipinski definition) is 0. The van der Waals surface area contributed by atoms with Gasteiger partial charge in [-0.25, -0.2) is 9.37 Å². The molecule has 18 heavy (non-hydrogen) atoms. The summed E-state index contributed by atoms with van der Waals surface area (Å²) in [4.78, 5) is 7.50. The number of aromatic nitrogens is 1. The van der Waals surface area contributed by atoms with E-state index in [0.29, 0.717) is 10.9 Å². The molecule has 0 bridgehead atoms. The molecule has 1 heterocycles. The largest absolute Gasteiger partial charge is 0.369 e. The molecule has 0 spiro atoms. The molecule has 0 aliphatic rings. The van der Waals surface area contributed by atoms with Gasteiger partial charge in [-0.05, 0) is 19.1 Å². The Kier molecular flexibility index (Phi) is 4.35. The molecule has 2 rings (SSSR count). The highest BCUT2D eigenvalue weighted by molar-refractivity contribution is 9.08. The summed E-state index contributed by atoms with van der Waals surface area (Å²) in [6.45, 7) is 2.75. The van der Waals surface area contributed by atoms with Crippen molar-refractivity contribution >= 4 is 33.0 Å². The summed E-state index contributed by atoms with van der Waals surface area (Å²) in [5.41, 5.74) is 4.50. The predicted molar refractivity (Wildman–Crippen MR) is 78.0 cm³/mol. The van der Waals surface area contributed by atoms with Crippen LogP contribution in [0.15, 0.2) is 23.7 Å². The predicted octanol–water partition coefficient (Wildman–Crippen LogP) is 4.12. The van der Waals surface area contributed by atoms with E-state index in [1.54, 1.807) is 17.4 Å². The van der Waals surface area contributed by atoms with Crippen molar-refractivity contribution < 1.29 is 4.39 Å². The summed E-state index contributed by atoms with van der Waals surface area (Å²) in [6, 6.07) is 5.18.